The highest BCUT2D eigenvalue weighted by atomic mass is 35.5. The zero-order chi connectivity index (χ0) is 20.3. The van der Waals surface area contributed by atoms with Gasteiger partial charge in [0, 0.05) is 11.2 Å². The Morgan fingerprint density at radius 2 is 1.68 bits per heavy atom. The van der Waals surface area contributed by atoms with Gasteiger partial charge in [0.15, 0.2) is 5.75 Å². The largest absolute Gasteiger partial charge is 0.377 e. The van der Waals surface area contributed by atoms with Crippen LogP contribution >= 0.6 is 23.2 Å². The lowest BCUT2D eigenvalue weighted by atomic mass is 10.1. The Morgan fingerprint density at radius 1 is 0.964 bits per heavy atom. The molecule has 3 aromatic rings. The van der Waals surface area contributed by atoms with Crippen LogP contribution in [0.4, 0.5) is 5.69 Å². The standard InChI is InChI=1S/C21H17Cl2NO3S/c1-14-4-3-5-20(15(14)2)24-13-16-6-11-21(19(23)12-16)27-28(25,26)18-9-7-17(22)8-10-18/h3-13H,1-2H3. The first-order valence-electron chi connectivity index (χ1n) is 8.36. The molecule has 144 valence electrons. The predicted octanol–water partition coefficient (Wildman–Crippen LogP) is 6.13. The van der Waals surface area contributed by atoms with E-state index in [0.29, 0.717) is 5.02 Å². The quantitative estimate of drug-likeness (QED) is 0.359. The molecule has 0 saturated carbocycles. The van der Waals surface area contributed by atoms with Crippen molar-refractivity contribution in [2.24, 2.45) is 4.99 Å². The van der Waals surface area contributed by atoms with Crippen LogP contribution in [0.1, 0.15) is 16.7 Å². The van der Waals surface area contributed by atoms with Crippen molar-refractivity contribution in [3.05, 3.63) is 87.4 Å². The summed E-state index contributed by atoms with van der Waals surface area (Å²) in [5, 5.41) is 0.604. The van der Waals surface area contributed by atoms with Crippen molar-refractivity contribution < 1.29 is 12.6 Å². The Bertz CT molecular complexity index is 1140. The van der Waals surface area contributed by atoms with Gasteiger partial charge in [0.05, 0.1) is 10.7 Å². The maximum atomic E-state index is 12.4. The highest BCUT2D eigenvalue weighted by Gasteiger charge is 2.18. The van der Waals surface area contributed by atoms with Gasteiger partial charge < -0.3 is 4.18 Å². The van der Waals surface area contributed by atoms with Crippen molar-refractivity contribution in [3.8, 4) is 5.75 Å². The van der Waals surface area contributed by atoms with Gasteiger partial charge in [0.1, 0.15) is 4.90 Å². The maximum Gasteiger partial charge on any atom is 0.339 e. The average molecular weight is 434 g/mol. The van der Waals surface area contributed by atoms with Crippen molar-refractivity contribution in [1.82, 2.24) is 0 Å². The normalized spacial score (nSPS) is 11.7. The number of nitrogens with zero attached hydrogens (tertiary/aromatic N) is 1. The lowest BCUT2D eigenvalue weighted by Gasteiger charge is -2.09. The number of aliphatic imine (C=N–C) groups is 1. The summed E-state index contributed by atoms with van der Waals surface area (Å²) in [5.41, 5.74) is 3.84. The van der Waals surface area contributed by atoms with Gasteiger partial charge in [0.2, 0.25) is 0 Å². The minimum absolute atomic E-state index is 0.00599. The van der Waals surface area contributed by atoms with Gasteiger partial charge in [-0.2, -0.15) is 8.42 Å². The summed E-state index contributed by atoms with van der Waals surface area (Å²) >= 11 is 12.0. The molecular formula is C21H17Cl2NO3S. The van der Waals surface area contributed by atoms with Crippen molar-refractivity contribution in [1.29, 1.82) is 0 Å². The van der Waals surface area contributed by atoms with Gasteiger partial charge in [-0.05, 0) is 79.1 Å². The first-order valence-corrected chi connectivity index (χ1v) is 10.5. The fourth-order valence-electron chi connectivity index (χ4n) is 2.45. The molecule has 3 aromatic carbocycles. The van der Waals surface area contributed by atoms with Gasteiger partial charge in [-0.1, -0.05) is 35.3 Å². The van der Waals surface area contributed by atoms with Crippen molar-refractivity contribution in [2.45, 2.75) is 18.7 Å². The molecule has 0 bridgehead atoms. The minimum Gasteiger partial charge on any atom is -0.377 e. The number of aryl methyl sites for hydroxylation is 1. The molecule has 0 amide bonds. The Balaban J connectivity index is 1.81. The lowest BCUT2D eigenvalue weighted by Crippen LogP contribution is -2.10. The van der Waals surface area contributed by atoms with Crippen LogP contribution in [0.2, 0.25) is 10.0 Å². The van der Waals surface area contributed by atoms with E-state index in [1.165, 1.54) is 30.3 Å². The second-order valence-electron chi connectivity index (χ2n) is 6.16. The molecule has 4 nitrogen and oxygen atoms in total. The predicted molar refractivity (Wildman–Crippen MR) is 114 cm³/mol. The van der Waals surface area contributed by atoms with E-state index in [9.17, 15) is 8.42 Å². The van der Waals surface area contributed by atoms with Gasteiger partial charge in [-0.3, -0.25) is 4.99 Å². The first-order chi connectivity index (χ1) is 13.3. The molecular weight excluding hydrogens is 417 g/mol. The Labute approximate surface area is 174 Å². The Morgan fingerprint density at radius 3 is 2.36 bits per heavy atom. The molecule has 0 aliphatic rings. The van der Waals surface area contributed by atoms with Gasteiger partial charge >= 0.3 is 10.1 Å². The maximum absolute atomic E-state index is 12.4. The summed E-state index contributed by atoms with van der Waals surface area (Å²) in [6, 6.07) is 16.4. The molecule has 0 N–H and O–H groups in total. The molecule has 0 heterocycles. The summed E-state index contributed by atoms with van der Waals surface area (Å²) in [5.74, 6) is 0.0421. The molecule has 28 heavy (non-hydrogen) atoms. The molecule has 0 atom stereocenters. The summed E-state index contributed by atoms with van der Waals surface area (Å²) in [6.45, 7) is 4.03. The van der Waals surface area contributed by atoms with E-state index in [1.807, 2.05) is 32.0 Å². The highest BCUT2D eigenvalue weighted by Crippen LogP contribution is 2.29. The molecule has 0 aromatic heterocycles. The third-order valence-corrected chi connectivity index (χ3v) is 5.98. The minimum atomic E-state index is -4.01. The number of hydrogen-bond donors (Lipinski definition) is 0. The molecule has 7 heteroatoms. The molecule has 0 radical (unpaired) electrons. The van der Waals surface area contributed by atoms with E-state index in [0.717, 1.165) is 22.4 Å². The van der Waals surface area contributed by atoms with Crippen molar-refractivity contribution in [2.75, 3.05) is 0 Å². The third kappa shape index (κ3) is 4.73. The van der Waals surface area contributed by atoms with Crippen LogP contribution < -0.4 is 4.18 Å². The van der Waals surface area contributed by atoms with Crippen molar-refractivity contribution >= 4 is 45.2 Å². The zero-order valence-electron chi connectivity index (χ0n) is 15.2. The molecule has 0 spiro atoms. The van der Waals surface area contributed by atoms with E-state index in [1.54, 1.807) is 18.3 Å². The number of benzene rings is 3. The van der Waals surface area contributed by atoms with Crippen molar-refractivity contribution in [3.63, 3.8) is 0 Å². The molecule has 0 aliphatic heterocycles. The van der Waals surface area contributed by atoms with Crippen LogP contribution in [0.3, 0.4) is 0 Å². The Kier molecular flexibility index (Phi) is 6.08. The molecule has 0 fully saturated rings. The van der Waals surface area contributed by atoms with Crippen LogP contribution in [-0.2, 0) is 10.1 Å². The zero-order valence-corrected chi connectivity index (χ0v) is 17.5. The molecule has 0 aliphatic carbocycles. The van der Waals surface area contributed by atoms with E-state index in [4.69, 9.17) is 27.4 Å². The monoisotopic (exact) mass is 433 g/mol. The second-order valence-corrected chi connectivity index (χ2v) is 8.55. The van der Waals surface area contributed by atoms with Gasteiger partial charge in [-0.15, -0.1) is 0 Å². The molecule has 0 unspecified atom stereocenters. The lowest BCUT2D eigenvalue weighted by molar-refractivity contribution is 0.486. The number of halogens is 2. The van der Waals surface area contributed by atoms with Crippen LogP contribution in [0.5, 0.6) is 5.75 Å². The first kappa shape index (κ1) is 20.4. The average Bonchev–Trinajstić information content (AvgIpc) is 2.65. The van der Waals surface area contributed by atoms with Gasteiger partial charge in [-0.25, -0.2) is 0 Å². The highest BCUT2D eigenvalue weighted by molar-refractivity contribution is 7.87. The number of rotatable bonds is 5. The van der Waals surface area contributed by atoms with E-state index >= 15 is 0 Å². The fourth-order valence-corrected chi connectivity index (χ4v) is 3.80. The Hall–Kier alpha value is -2.34. The smallest absolute Gasteiger partial charge is 0.339 e. The summed E-state index contributed by atoms with van der Waals surface area (Å²) in [4.78, 5) is 4.48. The van der Waals surface area contributed by atoms with E-state index in [-0.39, 0.29) is 15.7 Å². The molecule has 0 saturated heterocycles. The second kappa shape index (κ2) is 8.35. The number of hydrogen-bond acceptors (Lipinski definition) is 4. The molecule has 3 rings (SSSR count). The van der Waals surface area contributed by atoms with Crippen LogP contribution in [-0.4, -0.2) is 14.6 Å². The summed E-state index contributed by atoms with van der Waals surface area (Å²) in [7, 11) is -4.01. The van der Waals surface area contributed by atoms with Crippen LogP contribution in [0.25, 0.3) is 0 Å². The van der Waals surface area contributed by atoms with Gasteiger partial charge in [0.25, 0.3) is 0 Å². The van der Waals surface area contributed by atoms with Crippen LogP contribution in [0.15, 0.2) is 70.6 Å². The fraction of sp³-hybridized carbons (Fsp3) is 0.0952. The summed E-state index contributed by atoms with van der Waals surface area (Å²) < 4.78 is 29.9. The third-order valence-electron chi connectivity index (χ3n) is 4.19. The van der Waals surface area contributed by atoms with E-state index in [2.05, 4.69) is 4.99 Å². The van der Waals surface area contributed by atoms with E-state index < -0.39 is 10.1 Å². The topological polar surface area (TPSA) is 55.7 Å². The van der Waals surface area contributed by atoms with Crippen LogP contribution in [0, 0.1) is 13.8 Å². The SMILES string of the molecule is Cc1cccc(N=Cc2ccc(OS(=O)(=O)c3ccc(Cl)cc3)c(Cl)c2)c1C. The summed E-state index contributed by atoms with van der Waals surface area (Å²) in [6.07, 6.45) is 1.67.